The largest absolute Gasteiger partial charge is 0.490 e. The first-order valence-electron chi connectivity index (χ1n) is 10.9. The molecule has 9 heteroatoms. The molecule has 2 saturated heterocycles. The number of aryl methyl sites for hydroxylation is 2. The fourth-order valence-electron chi connectivity index (χ4n) is 4.30. The Balaban J connectivity index is 1.50. The number of carbonyl (C=O) groups is 2. The third kappa shape index (κ3) is 5.42. The summed E-state index contributed by atoms with van der Waals surface area (Å²) >= 11 is 7.55. The van der Waals surface area contributed by atoms with Crippen LogP contribution in [0, 0.1) is 19.8 Å². The van der Waals surface area contributed by atoms with E-state index in [4.69, 9.17) is 21.1 Å². The number of rotatable bonds is 5. The number of aromatic nitrogens is 1. The first-order chi connectivity index (χ1) is 15.4. The van der Waals surface area contributed by atoms with E-state index in [0.717, 1.165) is 10.7 Å². The molecule has 0 unspecified atom stereocenters. The smallest absolute Gasteiger partial charge is 0.265 e. The second kappa shape index (κ2) is 10.2. The molecule has 7 nitrogen and oxygen atoms in total. The summed E-state index contributed by atoms with van der Waals surface area (Å²) in [4.78, 5) is 35.0. The lowest BCUT2D eigenvalue weighted by Crippen LogP contribution is -2.50. The number of ether oxygens (including phenoxy) is 2. The second-order valence-corrected chi connectivity index (χ2v) is 9.90. The molecule has 2 aliphatic heterocycles. The first-order valence-corrected chi connectivity index (χ1v) is 12.1. The van der Waals surface area contributed by atoms with Crippen LogP contribution >= 0.6 is 22.9 Å². The van der Waals surface area contributed by atoms with E-state index >= 15 is 0 Å². The minimum Gasteiger partial charge on any atom is -0.490 e. The Hall–Kier alpha value is -2.16. The van der Waals surface area contributed by atoms with Gasteiger partial charge in [-0.1, -0.05) is 17.7 Å². The number of piperidine rings is 1. The van der Waals surface area contributed by atoms with Crippen LogP contribution in [0.4, 0.5) is 0 Å². The molecule has 0 radical (unpaired) electrons. The van der Waals surface area contributed by atoms with Gasteiger partial charge in [0.05, 0.1) is 23.9 Å². The van der Waals surface area contributed by atoms with Crippen LogP contribution in [0.1, 0.15) is 33.2 Å². The van der Waals surface area contributed by atoms with Gasteiger partial charge in [0.15, 0.2) is 0 Å². The van der Waals surface area contributed by atoms with Crippen molar-refractivity contribution in [3.8, 4) is 5.75 Å². The number of carbonyl (C=O) groups excluding carboxylic acids is 2. The zero-order valence-corrected chi connectivity index (χ0v) is 20.0. The lowest BCUT2D eigenvalue weighted by molar-refractivity contribution is -0.137. The van der Waals surface area contributed by atoms with Crippen LogP contribution in [-0.4, -0.2) is 72.1 Å². The van der Waals surface area contributed by atoms with Crippen molar-refractivity contribution in [3.05, 3.63) is 44.9 Å². The van der Waals surface area contributed by atoms with Gasteiger partial charge < -0.3 is 19.3 Å². The molecule has 2 fully saturated rings. The van der Waals surface area contributed by atoms with E-state index in [-0.39, 0.29) is 23.8 Å². The Morgan fingerprint density at radius 3 is 2.69 bits per heavy atom. The molecule has 172 valence electrons. The second-order valence-electron chi connectivity index (χ2n) is 8.26. The molecule has 4 rings (SSSR count). The predicted octanol–water partition coefficient (Wildman–Crippen LogP) is 3.57. The van der Waals surface area contributed by atoms with E-state index < -0.39 is 0 Å². The topological polar surface area (TPSA) is 72.0 Å². The van der Waals surface area contributed by atoms with E-state index in [1.807, 2.05) is 35.8 Å². The quantitative estimate of drug-likeness (QED) is 0.658. The van der Waals surface area contributed by atoms with Crippen LogP contribution in [-0.2, 0) is 9.53 Å². The van der Waals surface area contributed by atoms with Crippen LogP contribution in [0.15, 0.2) is 24.3 Å². The molecule has 2 atom stereocenters. The predicted molar refractivity (Wildman–Crippen MR) is 123 cm³/mol. The number of nitrogens with zero attached hydrogens (tertiary/aromatic N) is 3. The summed E-state index contributed by atoms with van der Waals surface area (Å²) in [6.07, 6.45) is 0.804. The highest BCUT2D eigenvalue weighted by molar-refractivity contribution is 7.13. The van der Waals surface area contributed by atoms with E-state index in [2.05, 4.69) is 4.98 Å². The summed E-state index contributed by atoms with van der Waals surface area (Å²) in [7, 11) is 0. The highest BCUT2D eigenvalue weighted by atomic mass is 35.5. The molecule has 0 saturated carbocycles. The van der Waals surface area contributed by atoms with E-state index in [0.29, 0.717) is 67.9 Å². The van der Waals surface area contributed by atoms with Crippen molar-refractivity contribution in [1.29, 1.82) is 0 Å². The molecule has 0 spiro atoms. The highest BCUT2D eigenvalue weighted by Crippen LogP contribution is 2.29. The van der Waals surface area contributed by atoms with Gasteiger partial charge in [-0.2, -0.15) is 0 Å². The van der Waals surface area contributed by atoms with Crippen molar-refractivity contribution in [3.63, 3.8) is 0 Å². The molecule has 1 aromatic carbocycles. The summed E-state index contributed by atoms with van der Waals surface area (Å²) in [6.45, 7) is 7.15. The van der Waals surface area contributed by atoms with Crippen LogP contribution < -0.4 is 4.74 Å². The van der Waals surface area contributed by atoms with Crippen molar-refractivity contribution in [2.45, 2.75) is 32.8 Å². The van der Waals surface area contributed by atoms with Crippen LogP contribution in [0.25, 0.3) is 0 Å². The molecule has 32 heavy (non-hydrogen) atoms. The molecule has 2 amide bonds. The molecule has 0 aliphatic carbocycles. The minimum atomic E-state index is -0.174. The standard InChI is InChI=1S/C23H28ClN3O4S/c1-15-22(32-16(2)25-15)23(29)27-7-6-20(31-19-5-3-4-18(24)13-19)17(14-27)12-21(28)26-8-10-30-11-9-26/h3-5,13,17,20H,6-12,14H2,1-2H3/t17-,20-/m0/s1. The molecule has 2 aromatic rings. The maximum Gasteiger partial charge on any atom is 0.265 e. The fraction of sp³-hybridized carbons (Fsp3) is 0.522. The van der Waals surface area contributed by atoms with Gasteiger partial charge in [-0.25, -0.2) is 4.98 Å². The lowest BCUT2D eigenvalue weighted by atomic mass is 9.90. The van der Waals surface area contributed by atoms with Gasteiger partial charge in [-0.3, -0.25) is 9.59 Å². The van der Waals surface area contributed by atoms with Gasteiger partial charge in [0.1, 0.15) is 16.7 Å². The summed E-state index contributed by atoms with van der Waals surface area (Å²) in [5.74, 6) is 0.631. The number of hydrogen-bond donors (Lipinski definition) is 0. The summed E-state index contributed by atoms with van der Waals surface area (Å²) in [5, 5.41) is 1.48. The third-order valence-corrected chi connectivity index (χ3v) is 7.23. The highest BCUT2D eigenvalue weighted by Gasteiger charge is 2.36. The Labute approximate surface area is 197 Å². The maximum atomic E-state index is 13.2. The normalized spacial score (nSPS) is 21.5. The molecule has 0 N–H and O–H groups in total. The fourth-order valence-corrected chi connectivity index (χ4v) is 5.37. The van der Waals surface area contributed by atoms with Gasteiger partial charge in [-0.15, -0.1) is 11.3 Å². The van der Waals surface area contributed by atoms with Crippen molar-refractivity contribution in [1.82, 2.24) is 14.8 Å². The molecule has 3 heterocycles. The van der Waals surface area contributed by atoms with Crippen LogP contribution in [0.2, 0.25) is 5.02 Å². The zero-order valence-electron chi connectivity index (χ0n) is 18.4. The van der Waals surface area contributed by atoms with E-state index in [1.54, 1.807) is 12.1 Å². The number of likely N-dealkylation sites (tertiary alicyclic amines) is 1. The van der Waals surface area contributed by atoms with Crippen molar-refractivity contribution < 1.29 is 19.1 Å². The molecule has 2 aliphatic rings. The van der Waals surface area contributed by atoms with Crippen molar-refractivity contribution in [2.75, 3.05) is 39.4 Å². The lowest BCUT2D eigenvalue weighted by Gasteiger charge is -2.39. The van der Waals surface area contributed by atoms with E-state index in [9.17, 15) is 9.59 Å². The third-order valence-electron chi connectivity index (χ3n) is 5.93. The van der Waals surface area contributed by atoms with Gasteiger partial charge in [0.25, 0.3) is 5.91 Å². The molecular formula is C23H28ClN3O4S. The average molecular weight is 478 g/mol. The number of halogens is 1. The van der Waals surface area contributed by atoms with E-state index in [1.165, 1.54) is 11.3 Å². The SMILES string of the molecule is Cc1nc(C)c(C(=O)N2CC[C@H](Oc3cccc(Cl)c3)[C@@H](CC(=O)N3CCOCC3)C2)s1. The van der Waals surface area contributed by atoms with Gasteiger partial charge in [0, 0.05) is 50.0 Å². The number of thiazole rings is 1. The molecular weight excluding hydrogens is 450 g/mol. The monoisotopic (exact) mass is 477 g/mol. The average Bonchev–Trinajstić information content (AvgIpc) is 3.13. The summed E-state index contributed by atoms with van der Waals surface area (Å²) in [5.41, 5.74) is 0.760. The Bertz CT molecular complexity index is 976. The Morgan fingerprint density at radius 1 is 1.22 bits per heavy atom. The van der Waals surface area contributed by atoms with Gasteiger partial charge in [0.2, 0.25) is 5.91 Å². The molecule has 0 bridgehead atoms. The van der Waals surface area contributed by atoms with Crippen LogP contribution in [0.3, 0.4) is 0 Å². The summed E-state index contributed by atoms with van der Waals surface area (Å²) < 4.78 is 11.6. The van der Waals surface area contributed by atoms with Gasteiger partial charge in [-0.05, 0) is 32.0 Å². The van der Waals surface area contributed by atoms with Crippen molar-refractivity contribution in [2.24, 2.45) is 5.92 Å². The minimum absolute atomic E-state index is 0.0156. The Kier molecular flexibility index (Phi) is 7.33. The number of morpholine rings is 1. The Morgan fingerprint density at radius 2 is 2.00 bits per heavy atom. The maximum absolute atomic E-state index is 13.2. The number of benzene rings is 1. The van der Waals surface area contributed by atoms with Crippen LogP contribution in [0.5, 0.6) is 5.75 Å². The number of amides is 2. The first kappa shape index (κ1) is 23.0. The summed E-state index contributed by atoms with van der Waals surface area (Å²) in [6, 6.07) is 7.30. The van der Waals surface area contributed by atoms with Crippen molar-refractivity contribution >= 4 is 34.8 Å². The van der Waals surface area contributed by atoms with Gasteiger partial charge >= 0.3 is 0 Å². The number of hydrogen-bond acceptors (Lipinski definition) is 6. The molecule has 1 aromatic heterocycles. The zero-order chi connectivity index (χ0) is 22.7.